The van der Waals surface area contributed by atoms with Crippen LogP contribution in [0.15, 0.2) is 24.3 Å². The minimum Gasteiger partial charge on any atom is -0.399 e. The lowest BCUT2D eigenvalue weighted by atomic mass is 9.88. The molecule has 2 fully saturated rings. The fourth-order valence-corrected chi connectivity index (χ4v) is 3.95. The molecule has 3 rings (SSSR count). The molecule has 1 aliphatic heterocycles. The first kappa shape index (κ1) is 17.8. The Balaban J connectivity index is 1.44. The van der Waals surface area contributed by atoms with Gasteiger partial charge in [-0.25, -0.2) is 0 Å². The van der Waals surface area contributed by atoms with Crippen LogP contribution in [0.25, 0.3) is 0 Å². The van der Waals surface area contributed by atoms with Gasteiger partial charge in [-0.1, -0.05) is 37.5 Å². The Bertz CT molecular complexity index is 603. The SMILES string of the molecule is Nc1ccccc1CCC(=O)N1CCN(C(=O)C2CCCCC2)CC1. The van der Waals surface area contributed by atoms with Crippen molar-refractivity contribution in [1.82, 2.24) is 9.80 Å². The number of para-hydroxylation sites is 1. The fraction of sp³-hybridized carbons (Fsp3) is 0.600. The molecule has 1 aromatic rings. The van der Waals surface area contributed by atoms with Gasteiger partial charge in [-0.3, -0.25) is 9.59 Å². The molecule has 1 saturated heterocycles. The number of hydrogen-bond donors (Lipinski definition) is 1. The van der Waals surface area contributed by atoms with Crippen LogP contribution in [-0.4, -0.2) is 47.8 Å². The molecule has 0 atom stereocenters. The van der Waals surface area contributed by atoms with Crippen LogP contribution in [0.1, 0.15) is 44.1 Å². The molecule has 5 nitrogen and oxygen atoms in total. The molecule has 25 heavy (non-hydrogen) atoms. The third kappa shape index (κ3) is 4.53. The molecule has 2 aliphatic rings. The van der Waals surface area contributed by atoms with Gasteiger partial charge in [0.2, 0.25) is 11.8 Å². The standard InChI is InChI=1S/C20H29N3O2/c21-18-9-5-4-6-16(18)10-11-19(24)22-12-14-23(15-13-22)20(25)17-7-2-1-3-8-17/h4-6,9,17H,1-3,7-8,10-15,21H2. The van der Waals surface area contributed by atoms with E-state index < -0.39 is 0 Å². The highest BCUT2D eigenvalue weighted by Gasteiger charge is 2.29. The third-order valence-electron chi connectivity index (χ3n) is 5.56. The molecule has 1 heterocycles. The molecule has 2 N–H and O–H groups in total. The number of nitrogens with two attached hydrogens (primary N) is 1. The van der Waals surface area contributed by atoms with E-state index in [2.05, 4.69) is 0 Å². The van der Waals surface area contributed by atoms with E-state index in [1.807, 2.05) is 34.1 Å². The Kier molecular flexibility index (Phi) is 5.95. The van der Waals surface area contributed by atoms with E-state index in [0.29, 0.717) is 44.9 Å². The number of aryl methyl sites for hydroxylation is 1. The molecule has 1 aliphatic carbocycles. The van der Waals surface area contributed by atoms with Crippen LogP contribution in [0.3, 0.4) is 0 Å². The summed E-state index contributed by atoms with van der Waals surface area (Å²) in [6.07, 6.45) is 6.84. The molecule has 0 unspecified atom stereocenters. The summed E-state index contributed by atoms with van der Waals surface area (Å²) in [4.78, 5) is 28.9. The van der Waals surface area contributed by atoms with Gasteiger partial charge < -0.3 is 15.5 Å². The summed E-state index contributed by atoms with van der Waals surface area (Å²) < 4.78 is 0. The van der Waals surface area contributed by atoms with Crippen LogP contribution in [0.4, 0.5) is 5.69 Å². The third-order valence-corrected chi connectivity index (χ3v) is 5.56. The van der Waals surface area contributed by atoms with Gasteiger partial charge in [0.15, 0.2) is 0 Å². The first-order chi connectivity index (χ1) is 12.1. The first-order valence-corrected chi connectivity index (χ1v) is 9.55. The smallest absolute Gasteiger partial charge is 0.225 e. The molecule has 136 valence electrons. The Labute approximate surface area is 150 Å². The minimum atomic E-state index is 0.160. The van der Waals surface area contributed by atoms with Crippen molar-refractivity contribution in [2.45, 2.75) is 44.9 Å². The van der Waals surface area contributed by atoms with Gasteiger partial charge in [0.25, 0.3) is 0 Å². The molecule has 0 bridgehead atoms. The molecule has 0 aromatic heterocycles. The van der Waals surface area contributed by atoms with E-state index >= 15 is 0 Å². The summed E-state index contributed by atoms with van der Waals surface area (Å²) in [5.74, 6) is 0.689. The summed E-state index contributed by atoms with van der Waals surface area (Å²) in [7, 11) is 0. The average molecular weight is 343 g/mol. The van der Waals surface area contributed by atoms with Crippen molar-refractivity contribution >= 4 is 17.5 Å². The predicted molar refractivity (Wildman–Crippen MR) is 98.9 cm³/mol. The molecule has 0 spiro atoms. The van der Waals surface area contributed by atoms with E-state index in [-0.39, 0.29) is 11.8 Å². The number of amides is 2. The number of benzene rings is 1. The number of nitrogen functional groups attached to an aromatic ring is 1. The highest BCUT2D eigenvalue weighted by Crippen LogP contribution is 2.26. The maximum absolute atomic E-state index is 12.6. The summed E-state index contributed by atoms with van der Waals surface area (Å²) in [6, 6.07) is 7.70. The Morgan fingerprint density at radius 1 is 0.960 bits per heavy atom. The molecule has 0 radical (unpaired) electrons. The van der Waals surface area contributed by atoms with E-state index in [9.17, 15) is 9.59 Å². The number of piperazine rings is 1. The quantitative estimate of drug-likeness (QED) is 0.854. The highest BCUT2D eigenvalue weighted by atomic mass is 16.2. The van der Waals surface area contributed by atoms with Gasteiger partial charge in [-0.05, 0) is 30.9 Å². The first-order valence-electron chi connectivity index (χ1n) is 9.55. The van der Waals surface area contributed by atoms with Crippen LogP contribution >= 0.6 is 0 Å². The van der Waals surface area contributed by atoms with Gasteiger partial charge in [-0.15, -0.1) is 0 Å². The minimum absolute atomic E-state index is 0.160. The number of carbonyl (C=O) groups excluding carboxylic acids is 2. The zero-order chi connectivity index (χ0) is 17.6. The van der Waals surface area contributed by atoms with Gasteiger partial charge >= 0.3 is 0 Å². The van der Waals surface area contributed by atoms with E-state index in [4.69, 9.17) is 5.73 Å². The zero-order valence-electron chi connectivity index (χ0n) is 15.0. The van der Waals surface area contributed by atoms with Crippen molar-refractivity contribution in [2.24, 2.45) is 5.92 Å². The molecule has 1 saturated carbocycles. The zero-order valence-corrected chi connectivity index (χ0v) is 15.0. The molecular formula is C20H29N3O2. The number of anilines is 1. The van der Waals surface area contributed by atoms with Crippen molar-refractivity contribution in [2.75, 3.05) is 31.9 Å². The average Bonchev–Trinajstić information content (AvgIpc) is 2.67. The van der Waals surface area contributed by atoms with E-state index in [1.165, 1.54) is 19.3 Å². The summed E-state index contributed by atoms with van der Waals surface area (Å²) in [5, 5.41) is 0. The van der Waals surface area contributed by atoms with E-state index in [0.717, 1.165) is 24.1 Å². The van der Waals surface area contributed by atoms with Gasteiger partial charge in [0.05, 0.1) is 0 Å². The Morgan fingerprint density at radius 3 is 2.28 bits per heavy atom. The van der Waals surface area contributed by atoms with Gasteiger partial charge in [0, 0.05) is 44.2 Å². The van der Waals surface area contributed by atoms with Crippen LogP contribution in [0.5, 0.6) is 0 Å². The molecule has 5 heteroatoms. The number of nitrogens with zero attached hydrogens (tertiary/aromatic N) is 2. The summed E-state index contributed by atoms with van der Waals surface area (Å²) >= 11 is 0. The molecule has 2 amide bonds. The van der Waals surface area contributed by atoms with Crippen LogP contribution in [0.2, 0.25) is 0 Å². The van der Waals surface area contributed by atoms with Crippen molar-refractivity contribution in [3.05, 3.63) is 29.8 Å². The van der Waals surface area contributed by atoms with Crippen LogP contribution in [-0.2, 0) is 16.0 Å². The number of hydrogen-bond acceptors (Lipinski definition) is 3. The fourth-order valence-electron chi connectivity index (χ4n) is 3.95. The van der Waals surface area contributed by atoms with Crippen molar-refractivity contribution in [1.29, 1.82) is 0 Å². The number of rotatable bonds is 4. The molecule has 1 aromatic carbocycles. The molecular weight excluding hydrogens is 314 g/mol. The predicted octanol–water partition coefficient (Wildman–Crippen LogP) is 2.45. The topological polar surface area (TPSA) is 66.6 Å². The lowest BCUT2D eigenvalue weighted by molar-refractivity contribution is -0.142. The lowest BCUT2D eigenvalue weighted by Gasteiger charge is -2.37. The lowest BCUT2D eigenvalue weighted by Crippen LogP contribution is -2.52. The van der Waals surface area contributed by atoms with E-state index in [1.54, 1.807) is 0 Å². The highest BCUT2D eigenvalue weighted by molar-refractivity contribution is 5.80. The monoisotopic (exact) mass is 343 g/mol. The van der Waals surface area contributed by atoms with Crippen LogP contribution < -0.4 is 5.73 Å². The second kappa shape index (κ2) is 8.37. The Hall–Kier alpha value is -2.04. The largest absolute Gasteiger partial charge is 0.399 e. The second-order valence-corrected chi connectivity index (χ2v) is 7.24. The van der Waals surface area contributed by atoms with Gasteiger partial charge in [0.1, 0.15) is 0 Å². The van der Waals surface area contributed by atoms with Crippen LogP contribution in [0, 0.1) is 5.92 Å². The summed E-state index contributed by atoms with van der Waals surface area (Å²) in [5.41, 5.74) is 7.72. The maximum Gasteiger partial charge on any atom is 0.225 e. The second-order valence-electron chi connectivity index (χ2n) is 7.24. The number of carbonyl (C=O) groups is 2. The summed E-state index contributed by atoms with van der Waals surface area (Å²) in [6.45, 7) is 2.66. The Morgan fingerprint density at radius 2 is 1.60 bits per heavy atom. The van der Waals surface area contributed by atoms with Crippen molar-refractivity contribution in [3.8, 4) is 0 Å². The normalized spacial score (nSPS) is 19.0. The maximum atomic E-state index is 12.6. The van der Waals surface area contributed by atoms with Gasteiger partial charge in [-0.2, -0.15) is 0 Å². The van der Waals surface area contributed by atoms with Crippen molar-refractivity contribution in [3.63, 3.8) is 0 Å². The van der Waals surface area contributed by atoms with Crippen molar-refractivity contribution < 1.29 is 9.59 Å².